The van der Waals surface area contributed by atoms with Gasteiger partial charge in [0.2, 0.25) is 0 Å². The van der Waals surface area contributed by atoms with Gasteiger partial charge < -0.3 is 4.90 Å². The Bertz CT molecular complexity index is 335. The van der Waals surface area contributed by atoms with Gasteiger partial charge in [-0.05, 0) is 30.5 Å². The lowest BCUT2D eigenvalue weighted by Gasteiger charge is -2.21. The predicted molar refractivity (Wildman–Crippen MR) is 57.2 cm³/mol. The van der Waals surface area contributed by atoms with Crippen LogP contribution < -0.4 is 4.90 Å². The van der Waals surface area contributed by atoms with Gasteiger partial charge in [-0.25, -0.2) is 4.39 Å². The Labute approximate surface area is 84.5 Å². The second-order valence-electron chi connectivity index (χ2n) is 4.03. The van der Waals surface area contributed by atoms with Crippen LogP contribution in [0.5, 0.6) is 0 Å². The maximum absolute atomic E-state index is 13.0. The maximum Gasteiger partial charge on any atom is 0.125 e. The lowest BCUT2D eigenvalue weighted by atomic mass is 10.1. The van der Waals surface area contributed by atoms with Crippen LogP contribution in [0.2, 0.25) is 0 Å². The van der Waals surface area contributed by atoms with Gasteiger partial charge in [0.05, 0.1) is 0 Å². The van der Waals surface area contributed by atoms with Gasteiger partial charge in [-0.2, -0.15) is 0 Å². The van der Waals surface area contributed by atoms with Crippen molar-refractivity contribution in [3.05, 3.63) is 29.6 Å². The predicted octanol–water partition coefficient (Wildman–Crippen LogP) is 2.99. The summed E-state index contributed by atoms with van der Waals surface area (Å²) in [6.45, 7) is 2.19. The second kappa shape index (κ2) is 3.60. The van der Waals surface area contributed by atoms with Crippen LogP contribution in [0.15, 0.2) is 18.2 Å². The fraction of sp³-hybridized carbons (Fsp3) is 0.500. The number of rotatable bonds is 2. The highest BCUT2D eigenvalue weighted by Crippen LogP contribution is 2.32. The molecular weight excluding hydrogens is 177 g/mol. The number of hydrogen-bond donors (Lipinski definition) is 0. The van der Waals surface area contributed by atoms with E-state index in [4.69, 9.17) is 0 Å². The third kappa shape index (κ3) is 1.49. The molecule has 1 atom stereocenters. The average molecular weight is 193 g/mol. The summed E-state index contributed by atoms with van der Waals surface area (Å²) in [7, 11) is 2.06. The molecule has 2 heteroatoms. The summed E-state index contributed by atoms with van der Waals surface area (Å²) in [5, 5.41) is 0. The maximum atomic E-state index is 13.0. The number of fused-ring (bicyclic) bond motifs is 1. The van der Waals surface area contributed by atoms with Crippen LogP contribution in [-0.2, 0) is 6.42 Å². The molecule has 1 aliphatic rings. The van der Waals surface area contributed by atoms with Crippen LogP contribution >= 0.6 is 0 Å². The number of anilines is 1. The zero-order valence-corrected chi connectivity index (χ0v) is 8.76. The van der Waals surface area contributed by atoms with E-state index in [0.29, 0.717) is 6.04 Å². The van der Waals surface area contributed by atoms with Gasteiger partial charge in [0.1, 0.15) is 5.82 Å². The van der Waals surface area contributed by atoms with Crippen molar-refractivity contribution in [3.8, 4) is 0 Å². The van der Waals surface area contributed by atoms with Crippen LogP contribution in [0.3, 0.4) is 0 Å². The summed E-state index contributed by atoms with van der Waals surface area (Å²) in [6, 6.07) is 5.68. The number of hydrogen-bond acceptors (Lipinski definition) is 1. The molecule has 76 valence electrons. The molecule has 1 aromatic carbocycles. The van der Waals surface area contributed by atoms with Crippen LogP contribution in [0.25, 0.3) is 0 Å². The number of nitrogens with zero attached hydrogens (tertiary/aromatic N) is 1. The van der Waals surface area contributed by atoms with Gasteiger partial charge >= 0.3 is 0 Å². The number of likely N-dealkylation sites (N-methyl/N-ethyl adjacent to an activating group) is 1. The highest BCUT2D eigenvalue weighted by Gasteiger charge is 2.25. The fourth-order valence-electron chi connectivity index (χ4n) is 2.25. The molecule has 0 N–H and O–H groups in total. The van der Waals surface area contributed by atoms with Crippen molar-refractivity contribution in [2.24, 2.45) is 0 Å². The molecule has 14 heavy (non-hydrogen) atoms. The molecule has 1 aromatic rings. The van der Waals surface area contributed by atoms with Crippen LogP contribution in [-0.4, -0.2) is 13.1 Å². The number of benzene rings is 1. The molecule has 1 nitrogen and oxygen atoms in total. The Morgan fingerprint density at radius 1 is 1.50 bits per heavy atom. The lowest BCUT2D eigenvalue weighted by molar-refractivity contribution is 0.598. The molecule has 0 aliphatic carbocycles. The van der Waals surface area contributed by atoms with E-state index >= 15 is 0 Å². The minimum atomic E-state index is -0.132. The van der Waals surface area contributed by atoms with Gasteiger partial charge in [-0.1, -0.05) is 19.4 Å². The zero-order chi connectivity index (χ0) is 10.1. The minimum Gasteiger partial charge on any atom is -0.371 e. The van der Waals surface area contributed by atoms with Crippen LogP contribution in [0.4, 0.5) is 10.1 Å². The third-order valence-electron chi connectivity index (χ3n) is 3.05. The van der Waals surface area contributed by atoms with Crippen molar-refractivity contribution in [1.29, 1.82) is 0 Å². The summed E-state index contributed by atoms with van der Waals surface area (Å²) in [4.78, 5) is 2.21. The summed E-state index contributed by atoms with van der Waals surface area (Å²) < 4.78 is 13.0. The van der Waals surface area contributed by atoms with Crippen LogP contribution in [0.1, 0.15) is 25.3 Å². The molecule has 0 fully saturated rings. The fourth-order valence-corrected chi connectivity index (χ4v) is 2.25. The van der Waals surface area contributed by atoms with E-state index in [-0.39, 0.29) is 5.82 Å². The SMILES string of the molecule is CCCC1Cc2ccc(F)cc2N1C. The van der Waals surface area contributed by atoms with Crippen molar-refractivity contribution < 1.29 is 4.39 Å². The van der Waals surface area contributed by atoms with Crippen molar-refractivity contribution in [2.45, 2.75) is 32.2 Å². The van der Waals surface area contributed by atoms with Crippen molar-refractivity contribution in [2.75, 3.05) is 11.9 Å². The molecular formula is C12H16FN. The van der Waals surface area contributed by atoms with Gasteiger partial charge in [0.15, 0.2) is 0 Å². The Kier molecular flexibility index (Phi) is 2.44. The Morgan fingerprint density at radius 2 is 2.29 bits per heavy atom. The van der Waals surface area contributed by atoms with Crippen molar-refractivity contribution in [3.63, 3.8) is 0 Å². The number of halogens is 1. The van der Waals surface area contributed by atoms with Gasteiger partial charge in [-0.3, -0.25) is 0 Å². The van der Waals surface area contributed by atoms with E-state index in [0.717, 1.165) is 12.1 Å². The molecule has 0 bridgehead atoms. The third-order valence-corrected chi connectivity index (χ3v) is 3.05. The standard InChI is InChI=1S/C12H16FN/c1-3-4-11-7-9-5-6-10(13)8-12(9)14(11)2/h5-6,8,11H,3-4,7H2,1-2H3. The normalized spacial score (nSPS) is 19.9. The summed E-state index contributed by atoms with van der Waals surface area (Å²) >= 11 is 0. The summed E-state index contributed by atoms with van der Waals surface area (Å²) in [5.74, 6) is -0.132. The van der Waals surface area contributed by atoms with E-state index in [1.165, 1.54) is 18.4 Å². The van der Waals surface area contributed by atoms with Crippen LogP contribution in [0, 0.1) is 5.82 Å². The highest BCUT2D eigenvalue weighted by molar-refractivity contribution is 5.58. The van der Waals surface area contributed by atoms with Crippen molar-refractivity contribution in [1.82, 2.24) is 0 Å². The summed E-state index contributed by atoms with van der Waals surface area (Å²) in [5.41, 5.74) is 2.36. The molecule has 2 rings (SSSR count). The zero-order valence-electron chi connectivity index (χ0n) is 8.76. The molecule has 1 unspecified atom stereocenters. The minimum absolute atomic E-state index is 0.132. The molecule has 0 amide bonds. The first-order valence-corrected chi connectivity index (χ1v) is 5.23. The quantitative estimate of drug-likeness (QED) is 0.698. The van der Waals surface area contributed by atoms with Crippen molar-refractivity contribution >= 4 is 5.69 Å². The Morgan fingerprint density at radius 3 is 3.00 bits per heavy atom. The van der Waals surface area contributed by atoms with E-state index in [1.807, 2.05) is 6.07 Å². The average Bonchev–Trinajstić information content (AvgIpc) is 2.46. The highest BCUT2D eigenvalue weighted by atomic mass is 19.1. The second-order valence-corrected chi connectivity index (χ2v) is 4.03. The van der Waals surface area contributed by atoms with E-state index in [9.17, 15) is 4.39 Å². The van der Waals surface area contributed by atoms with Gasteiger partial charge in [0, 0.05) is 18.8 Å². The molecule has 0 saturated carbocycles. The molecule has 0 radical (unpaired) electrons. The van der Waals surface area contributed by atoms with Gasteiger partial charge in [0.25, 0.3) is 0 Å². The topological polar surface area (TPSA) is 3.24 Å². The smallest absolute Gasteiger partial charge is 0.125 e. The monoisotopic (exact) mass is 193 g/mol. The first-order chi connectivity index (χ1) is 6.72. The largest absolute Gasteiger partial charge is 0.371 e. The summed E-state index contributed by atoms with van der Waals surface area (Å²) in [6.07, 6.45) is 3.44. The Hall–Kier alpha value is -1.05. The molecule has 0 spiro atoms. The van der Waals surface area contributed by atoms with E-state index in [2.05, 4.69) is 18.9 Å². The van der Waals surface area contributed by atoms with Gasteiger partial charge in [-0.15, -0.1) is 0 Å². The lowest BCUT2D eigenvalue weighted by Crippen LogP contribution is -2.27. The van der Waals surface area contributed by atoms with E-state index in [1.54, 1.807) is 12.1 Å². The molecule has 0 aromatic heterocycles. The van der Waals surface area contributed by atoms with E-state index < -0.39 is 0 Å². The first kappa shape index (κ1) is 9.50. The Balaban J connectivity index is 2.27. The molecule has 1 aliphatic heterocycles. The molecule has 1 heterocycles. The first-order valence-electron chi connectivity index (χ1n) is 5.23. The molecule has 0 saturated heterocycles.